The minimum atomic E-state index is -0.795. The average molecular weight is 522 g/mol. The van der Waals surface area contributed by atoms with Crippen LogP contribution in [0.3, 0.4) is 0 Å². The number of hydrogen-bond donors (Lipinski definition) is 1. The monoisotopic (exact) mass is 521 g/mol. The van der Waals surface area contributed by atoms with E-state index in [4.69, 9.17) is 4.74 Å². The largest absolute Gasteiger partial charge is 0.489 e. The summed E-state index contributed by atoms with van der Waals surface area (Å²) >= 11 is 0. The Kier molecular flexibility index (Phi) is 8.95. The number of aliphatic carboxylic acids is 1. The van der Waals surface area contributed by atoms with Crippen molar-refractivity contribution in [3.05, 3.63) is 118 Å². The molecule has 1 aliphatic heterocycles. The van der Waals surface area contributed by atoms with Crippen molar-refractivity contribution >= 4 is 11.5 Å². The fourth-order valence-electron chi connectivity index (χ4n) is 5.86. The summed E-state index contributed by atoms with van der Waals surface area (Å²) in [5, 5.41) is 9.24. The number of carbonyl (C=O) groups is 1. The highest BCUT2D eigenvalue weighted by Gasteiger charge is 2.19. The lowest BCUT2D eigenvalue weighted by Gasteiger charge is -2.30. The molecule has 4 heteroatoms. The van der Waals surface area contributed by atoms with Gasteiger partial charge >= 0.3 is 5.97 Å². The zero-order valence-corrected chi connectivity index (χ0v) is 22.9. The molecule has 3 aromatic carbocycles. The van der Waals surface area contributed by atoms with E-state index >= 15 is 0 Å². The number of nitrogens with zero attached hydrogens (tertiary/aromatic N) is 1. The molecule has 3 aromatic rings. The van der Waals surface area contributed by atoms with E-state index in [1.54, 1.807) is 0 Å². The van der Waals surface area contributed by atoms with Crippen molar-refractivity contribution in [1.82, 2.24) is 4.90 Å². The summed E-state index contributed by atoms with van der Waals surface area (Å²) in [7, 11) is 0. The molecule has 0 radical (unpaired) electrons. The van der Waals surface area contributed by atoms with Crippen molar-refractivity contribution in [2.45, 2.75) is 71.1 Å². The quantitative estimate of drug-likeness (QED) is 0.275. The molecule has 0 fully saturated rings. The average Bonchev–Trinajstić information content (AvgIpc) is 2.97. The van der Waals surface area contributed by atoms with Gasteiger partial charge in [0, 0.05) is 25.6 Å². The van der Waals surface area contributed by atoms with Crippen LogP contribution in [0.1, 0.15) is 78.3 Å². The molecule has 0 spiro atoms. The maximum absolute atomic E-state index is 11.2. The van der Waals surface area contributed by atoms with E-state index in [1.165, 1.54) is 46.2 Å². The van der Waals surface area contributed by atoms with Crippen LogP contribution < -0.4 is 4.74 Å². The SMILES string of the molecule is CC=CC(CC(=O)O)c1ccc(OCc2ccc(CN3CCc4ccccc4C3)c(C3=CCCCC3)c2)cc1. The van der Waals surface area contributed by atoms with E-state index in [0.717, 1.165) is 50.2 Å². The third-order valence-corrected chi connectivity index (χ3v) is 7.95. The number of carboxylic acid groups (broad SMARTS) is 1. The molecule has 4 nitrogen and oxygen atoms in total. The first-order valence-electron chi connectivity index (χ1n) is 14.3. The van der Waals surface area contributed by atoms with Gasteiger partial charge in [0.1, 0.15) is 12.4 Å². The lowest BCUT2D eigenvalue weighted by atomic mass is 9.89. The van der Waals surface area contributed by atoms with Gasteiger partial charge in [0.15, 0.2) is 0 Å². The molecule has 2 aliphatic rings. The Bertz CT molecular complexity index is 1340. The second-order valence-corrected chi connectivity index (χ2v) is 10.8. The number of benzene rings is 3. The highest BCUT2D eigenvalue weighted by Crippen LogP contribution is 2.32. The van der Waals surface area contributed by atoms with Crippen LogP contribution in [0.4, 0.5) is 0 Å². The van der Waals surface area contributed by atoms with Crippen LogP contribution in [0.5, 0.6) is 5.75 Å². The maximum Gasteiger partial charge on any atom is 0.304 e. The molecule has 39 heavy (non-hydrogen) atoms. The van der Waals surface area contributed by atoms with Crippen LogP contribution in [0.15, 0.2) is 85.0 Å². The molecular weight excluding hydrogens is 482 g/mol. The summed E-state index contributed by atoms with van der Waals surface area (Å²) in [5.74, 6) is -0.132. The van der Waals surface area contributed by atoms with Crippen molar-refractivity contribution in [3.63, 3.8) is 0 Å². The summed E-state index contributed by atoms with van der Waals surface area (Å²) < 4.78 is 6.17. The van der Waals surface area contributed by atoms with Crippen LogP contribution in [0.2, 0.25) is 0 Å². The van der Waals surface area contributed by atoms with Crippen molar-refractivity contribution < 1.29 is 14.6 Å². The predicted molar refractivity (Wildman–Crippen MR) is 158 cm³/mol. The van der Waals surface area contributed by atoms with E-state index < -0.39 is 5.97 Å². The van der Waals surface area contributed by atoms with Gasteiger partial charge in [-0.15, -0.1) is 0 Å². The summed E-state index contributed by atoms with van der Waals surface area (Å²) in [4.78, 5) is 13.8. The number of hydrogen-bond acceptors (Lipinski definition) is 3. The van der Waals surface area contributed by atoms with Gasteiger partial charge in [0.05, 0.1) is 6.42 Å². The van der Waals surface area contributed by atoms with E-state index in [1.807, 2.05) is 43.3 Å². The lowest BCUT2D eigenvalue weighted by molar-refractivity contribution is -0.137. The minimum Gasteiger partial charge on any atom is -0.489 e. The first-order chi connectivity index (χ1) is 19.1. The highest BCUT2D eigenvalue weighted by molar-refractivity contribution is 5.70. The van der Waals surface area contributed by atoms with Gasteiger partial charge in [-0.3, -0.25) is 9.69 Å². The normalized spacial score (nSPS) is 16.5. The molecule has 1 unspecified atom stereocenters. The van der Waals surface area contributed by atoms with Gasteiger partial charge in [-0.1, -0.05) is 66.8 Å². The van der Waals surface area contributed by atoms with Gasteiger partial charge in [0.25, 0.3) is 0 Å². The number of ether oxygens (including phenoxy) is 1. The maximum atomic E-state index is 11.2. The molecule has 1 N–H and O–H groups in total. The van der Waals surface area contributed by atoms with Crippen molar-refractivity contribution in [1.29, 1.82) is 0 Å². The minimum absolute atomic E-state index is 0.0828. The van der Waals surface area contributed by atoms with Crippen molar-refractivity contribution in [2.24, 2.45) is 0 Å². The Morgan fingerprint density at radius 2 is 1.85 bits per heavy atom. The zero-order valence-electron chi connectivity index (χ0n) is 22.9. The van der Waals surface area contributed by atoms with Gasteiger partial charge in [0.2, 0.25) is 0 Å². The lowest BCUT2D eigenvalue weighted by Crippen LogP contribution is -2.30. The molecule has 1 heterocycles. The van der Waals surface area contributed by atoms with E-state index in [9.17, 15) is 9.90 Å². The molecule has 1 aliphatic carbocycles. The topological polar surface area (TPSA) is 49.8 Å². The smallest absolute Gasteiger partial charge is 0.304 e. The third-order valence-electron chi connectivity index (χ3n) is 7.95. The number of fused-ring (bicyclic) bond motifs is 1. The van der Waals surface area contributed by atoms with E-state index in [2.05, 4.69) is 53.4 Å². The van der Waals surface area contributed by atoms with Gasteiger partial charge in [-0.05, 0) is 96.2 Å². The molecule has 5 rings (SSSR count). The Balaban J connectivity index is 1.29. The Hall–Kier alpha value is -3.63. The fourth-order valence-corrected chi connectivity index (χ4v) is 5.86. The fraction of sp³-hybridized carbons (Fsp3) is 0.343. The van der Waals surface area contributed by atoms with Crippen LogP contribution in [0, 0.1) is 0 Å². The number of rotatable bonds is 10. The van der Waals surface area contributed by atoms with Crippen molar-refractivity contribution in [2.75, 3.05) is 6.54 Å². The number of carboxylic acids is 1. The Labute approximate surface area is 232 Å². The van der Waals surface area contributed by atoms with Crippen LogP contribution in [-0.2, 0) is 30.9 Å². The third kappa shape index (κ3) is 7.07. The van der Waals surface area contributed by atoms with Crippen LogP contribution in [0.25, 0.3) is 5.57 Å². The van der Waals surface area contributed by atoms with Gasteiger partial charge in [-0.2, -0.15) is 0 Å². The van der Waals surface area contributed by atoms with Crippen LogP contribution in [-0.4, -0.2) is 22.5 Å². The van der Waals surface area contributed by atoms with Gasteiger partial charge in [-0.25, -0.2) is 0 Å². The molecule has 0 saturated carbocycles. The van der Waals surface area contributed by atoms with E-state index in [0.29, 0.717) is 6.61 Å². The second-order valence-electron chi connectivity index (χ2n) is 10.8. The summed E-state index contributed by atoms with van der Waals surface area (Å²) in [5.41, 5.74) is 9.37. The van der Waals surface area contributed by atoms with E-state index in [-0.39, 0.29) is 12.3 Å². The molecule has 1 atom stereocenters. The Morgan fingerprint density at radius 1 is 1.03 bits per heavy atom. The molecule has 0 bridgehead atoms. The second kappa shape index (κ2) is 12.9. The molecule has 202 valence electrons. The van der Waals surface area contributed by atoms with Crippen LogP contribution >= 0.6 is 0 Å². The first kappa shape index (κ1) is 27.0. The zero-order chi connectivity index (χ0) is 27.0. The molecule has 0 saturated heterocycles. The number of allylic oxidation sites excluding steroid dienone is 4. The molecular formula is C35H39NO3. The Morgan fingerprint density at radius 3 is 2.59 bits per heavy atom. The summed E-state index contributed by atoms with van der Waals surface area (Å²) in [6.45, 7) is 5.49. The summed E-state index contributed by atoms with van der Waals surface area (Å²) in [6, 6.07) is 23.5. The van der Waals surface area contributed by atoms with Gasteiger partial charge < -0.3 is 9.84 Å². The predicted octanol–water partition coefficient (Wildman–Crippen LogP) is 7.92. The highest BCUT2D eigenvalue weighted by atomic mass is 16.5. The van der Waals surface area contributed by atoms with Crippen molar-refractivity contribution in [3.8, 4) is 5.75 Å². The molecule has 0 aromatic heterocycles. The standard InChI is InChI=1S/C35H39NO3/c1-2-8-30(22-35(37)38)28-15-17-33(18-16-28)39-25-26-13-14-32(34(21-26)29-10-4-3-5-11-29)24-36-20-19-27-9-6-7-12-31(27)23-36/h2,6-10,12-18,21,30H,3-5,11,19-20,22-25H2,1H3,(H,37,38). The molecule has 0 amide bonds. The summed E-state index contributed by atoms with van der Waals surface area (Å²) in [6.07, 6.45) is 12.3. The first-order valence-corrected chi connectivity index (χ1v) is 14.3.